The number of ether oxygens (including phenoxy) is 1. The molecule has 3 heterocycles. The van der Waals surface area contributed by atoms with Crippen LogP contribution in [0.1, 0.15) is 30.3 Å². The Morgan fingerprint density at radius 2 is 2.32 bits per heavy atom. The van der Waals surface area contributed by atoms with E-state index >= 15 is 0 Å². The van der Waals surface area contributed by atoms with E-state index in [1.807, 2.05) is 18.2 Å². The number of likely N-dealkylation sites (tertiary alicyclic amines) is 1. The van der Waals surface area contributed by atoms with Gasteiger partial charge in [0.1, 0.15) is 11.5 Å². The summed E-state index contributed by atoms with van der Waals surface area (Å²) in [7, 11) is 0. The van der Waals surface area contributed by atoms with E-state index in [1.165, 1.54) is 11.3 Å². The van der Waals surface area contributed by atoms with Crippen molar-refractivity contribution in [1.29, 1.82) is 0 Å². The van der Waals surface area contributed by atoms with E-state index in [-0.39, 0.29) is 17.8 Å². The molecule has 0 radical (unpaired) electrons. The zero-order chi connectivity index (χ0) is 17.6. The predicted octanol–water partition coefficient (Wildman–Crippen LogP) is 2.70. The highest BCUT2D eigenvalue weighted by Gasteiger charge is 2.30. The Labute approximate surface area is 150 Å². The summed E-state index contributed by atoms with van der Waals surface area (Å²) in [6.45, 7) is 3.17. The summed E-state index contributed by atoms with van der Waals surface area (Å²) in [5, 5.41) is 5.41. The van der Waals surface area contributed by atoms with Crippen molar-refractivity contribution >= 4 is 34.2 Å². The summed E-state index contributed by atoms with van der Waals surface area (Å²) in [6.07, 6.45) is 3.23. The van der Waals surface area contributed by atoms with Crippen LogP contribution >= 0.6 is 11.3 Å². The number of aromatic nitrogens is 2. The average molecular weight is 360 g/mol. The van der Waals surface area contributed by atoms with Crippen molar-refractivity contribution in [1.82, 2.24) is 14.9 Å². The number of piperidine rings is 1. The molecule has 0 spiro atoms. The third-order valence-electron chi connectivity index (χ3n) is 3.95. The smallest absolute Gasteiger partial charge is 0.310 e. The summed E-state index contributed by atoms with van der Waals surface area (Å²) in [5.41, 5.74) is 0.382. The van der Waals surface area contributed by atoms with Crippen LogP contribution in [0.25, 0.3) is 0 Å². The normalized spacial score (nSPS) is 17.2. The van der Waals surface area contributed by atoms with Gasteiger partial charge in [-0.1, -0.05) is 6.07 Å². The topological polar surface area (TPSA) is 84.4 Å². The van der Waals surface area contributed by atoms with Crippen molar-refractivity contribution < 1.29 is 14.3 Å². The van der Waals surface area contributed by atoms with Gasteiger partial charge in [-0.15, -0.1) is 11.3 Å². The minimum atomic E-state index is -0.248. The standard InChI is InChI=1S/C17H20N4O3S/c1-2-24-16(23)12-6-5-9-21(10-12)15(22)13-11-25-17(19-13)20-14-7-3-4-8-18-14/h3-4,7-8,11-12H,2,5-6,9-10H2,1H3,(H,18,19,20). The second kappa shape index (κ2) is 8.06. The van der Waals surface area contributed by atoms with Crippen LogP contribution in [-0.4, -0.2) is 46.4 Å². The number of carbonyl (C=O) groups excluding carboxylic acids is 2. The van der Waals surface area contributed by atoms with E-state index in [9.17, 15) is 9.59 Å². The van der Waals surface area contributed by atoms with Crippen molar-refractivity contribution in [2.24, 2.45) is 5.92 Å². The van der Waals surface area contributed by atoms with Gasteiger partial charge in [-0.2, -0.15) is 0 Å². The number of hydrogen-bond acceptors (Lipinski definition) is 7. The average Bonchev–Trinajstić information content (AvgIpc) is 3.11. The second-order valence-corrected chi connectivity index (χ2v) is 6.58. The Hall–Kier alpha value is -2.48. The van der Waals surface area contributed by atoms with E-state index in [2.05, 4.69) is 15.3 Å². The molecule has 0 aromatic carbocycles. The molecule has 1 unspecified atom stereocenters. The Morgan fingerprint density at radius 1 is 1.44 bits per heavy atom. The molecule has 1 amide bonds. The molecule has 132 valence electrons. The lowest BCUT2D eigenvalue weighted by Gasteiger charge is -2.31. The molecule has 1 aliphatic rings. The van der Waals surface area contributed by atoms with Crippen molar-refractivity contribution in [2.45, 2.75) is 19.8 Å². The maximum absolute atomic E-state index is 12.7. The van der Waals surface area contributed by atoms with Gasteiger partial charge in [0.15, 0.2) is 5.13 Å². The van der Waals surface area contributed by atoms with Gasteiger partial charge in [0.25, 0.3) is 5.91 Å². The lowest BCUT2D eigenvalue weighted by atomic mass is 9.98. The van der Waals surface area contributed by atoms with Gasteiger partial charge >= 0.3 is 5.97 Å². The van der Waals surface area contributed by atoms with Gasteiger partial charge in [-0.3, -0.25) is 9.59 Å². The molecule has 2 aromatic rings. The molecular weight excluding hydrogens is 340 g/mol. The van der Waals surface area contributed by atoms with Gasteiger partial charge in [-0.25, -0.2) is 9.97 Å². The number of hydrogen-bond donors (Lipinski definition) is 1. The maximum atomic E-state index is 12.7. The van der Waals surface area contributed by atoms with E-state index in [0.29, 0.717) is 36.3 Å². The van der Waals surface area contributed by atoms with E-state index < -0.39 is 0 Å². The highest BCUT2D eigenvalue weighted by atomic mass is 32.1. The molecule has 8 heteroatoms. The summed E-state index contributed by atoms with van der Waals surface area (Å²) in [4.78, 5) is 34.8. The van der Waals surface area contributed by atoms with Crippen LogP contribution in [-0.2, 0) is 9.53 Å². The molecule has 1 atom stereocenters. The molecule has 0 saturated carbocycles. The fraction of sp³-hybridized carbons (Fsp3) is 0.412. The first kappa shape index (κ1) is 17.3. The molecule has 2 aromatic heterocycles. The van der Waals surface area contributed by atoms with Crippen molar-refractivity contribution in [3.8, 4) is 0 Å². The summed E-state index contributed by atoms with van der Waals surface area (Å²) >= 11 is 1.35. The van der Waals surface area contributed by atoms with E-state index in [1.54, 1.807) is 23.4 Å². The number of nitrogens with one attached hydrogen (secondary N) is 1. The number of anilines is 2. The lowest BCUT2D eigenvalue weighted by molar-refractivity contribution is -0.149. The molecule has 1 fully saturated rings. The van der Waals surface area contributed by atoms with Crippen LogP contribution in [0.3, 0.4) is 0 Å². The monoisotopic (exact) mass is 360 g/mol. The molecule has 0 aliphatic carbocycles. The number of carbonyl (C=O) groups is 2. The van der Waals surface area contributed by atoms with Crippen LogP contribution in [0.4, 0.5) is 10.9 Å². The Bertz CT molecular complexity index is 735. The van der Waals surface area contributed by atoms with Crippen LogP contribution in [0.2, 0.25) is 0 Å². The van der Waals surface area contributed by atoms with Crippen LogP contribution in [0.15, 0.2) is 29.8 Å². The number of esters is 1. The molecular formula is C17H20N4O3S. The third kappa shape index (κ3) is 4.33. The van der Waals surface area contributed by atoms with Gasteiger partial charge < -0.3 is 15.0 Å². The van der Waals surface area contributed by atoms with Crippen molar-refractivity contribution in [2.75, 3.05) is 25.0 Å². The highest BCUT2D eigenvalue weighted by Crippen LogP contribution is 2.23. The minimum absolute atomic E-state index is 0.153. The molecule has 1 N–H and O–H groups in total. The summed E-state index contributed by atoms with van der Waals surface area (Å²) < 4.78 is 5.08. The Balaban J connectivity index is 1.64. The van der Waals surface area contributed by atoms with Crippen LogP contribution < -0.4 is 5.32 Å². The van der Waals surface area contributed by atoms with Crippen molar-refractivity contribution in [3.63, 3.8) is 0 Å². The Kier molecular flexibility index (Phi) is 5.60. The zero-order valence-corrected chi connectivity index (χ0v) is 14.8. The van der Waals surface area contributed by atoms with Gasteiger partial charge in [0, 0.05) is 24.7 Å². The molecule has 1 aliphatic heterocycles. The molecule has 3 rings (SSSR count). The first-order valence-corrected chi connectivity index (χ1v) is 9.15. The van der Waals surface area contributed by atoms with E-state index in [4.69, 9.17) is 4.74 Å². The van der Waals surface area contributed by atoms with Crippen LogP contribution in [0.5, 0.6) is 0 Å². The van der Waals surface area contributed by atoms with Crippen LogP contribution in [0, 0.1) is 5.92 Å². The quantitative estimate of drug-likeness (QED) is 0.825. The number of amides is 1. The SMILES string of the molecule is CCOC(=O)C1CCCN(C(=O)c2csc(Nc3ccccn3)n2)C1. The summed E-state index contributed by atoms with van der Waals surface area (Å²) in [5.74, 6) is 0.0497. The molecule has 7 nitrogen and oxygen atoms in total. The minimum Gasteiger partial charge on any atom is -0.466 e. The number of pyridine rings is 1. The number of nitrogens with zero attached hydrogens (tertiary/aromatic N) is 3. The van der Waals surface area contributed by atoms with Gasteiger partial charge in [0.05, 0.1) is 12.5 Å². The molecule has 1 saturated heterocycles. The highest BCUT2D eigenvalue weighted by molar-refractivity contribution is 7.14. The number of rotatable bonds is 5. The van der Waals surface area contributed by atoms with Gasteiger partial charge in [-0.05, 0) is 31.9 Å². The van der Waals surface area contributed by atoms with Crippen molar-refractivity contribution in [3.05, 3.63) is 35.5 Å². The Morgan fingerprint density at radius 3 is 3.08 bits per heavy atom. The first-order valence-electron chi connectivity index (χ1n) is 8.27. The molecule has 0 bridgehead atoms. The lowest BCUT2D eigenvalue weighted by Crippen LogP contribution is -2.42. The fourth-order valence-electron chi connectivity index (χ4n) is 2.75. The van der Waals surface area contributed by atoms with E-state index in [0.717, 1.165) is 12.8 Å². The maximum Gasteiger partial charge on any atom is 0.310 e. The zero-order valence-electron chi connectivity index (χ0n) is 14.0. The second-order valence-electron chi connectivity index (χ2n) is 5.72. The molecule has 25 heavy (non-hydrogen) atoms. The third-order valence-corrected chi connectivity index (χ3v) is 4.71. The van der Waals surface area contributed by atoms with Gasteiger partial charge in [0.2, 0.25) is 0 Å². The largest absolute Gasteiger partial charge is 0.466 e. The fourth-order valence-corrected chi connectivity index (χ4v) is 3.44. The number of thiazole rings is 1. The first-order chi connectivity index (χ1) is 12.2. The summed E-state index contributed by atoms with van der Waals surface area (Å²) in [6, 6.07) is 5.54. The predicted molar refractivity (Wildman–Crippen MR) is 94.9 cm³/mol.